The molecule has 0 amide bonds. The van der Waals surface area contributed by atoms with Gasteiger partial charge >= 0.3 is 0 Å². The van der Waals surface area contributed by atoms with E-state index in [2.05, 4.69) is 4.72 Å². The van der Waals surface area contributed by atoms with Crippen LogP contribution in [0.1, 0.15) is 24.8 Å². The summed E-state index contributed by atoms with van der Waals surface area (Å²) in [5, 5.41) is 0.782. The van der Waals surface area contributed by atoms with E-state index in [0.29, 0.717) is 36.1 Å². The lowest BCUT2D eigenvalue weighted by Gasteiger charge is -2.31. The molecule has 2 aliphatic rings. The van der Waals surface area contributed by atoms with Gasteiger partial charge in [0.2, 0.25) is 10.0 Å². The Morgan fingerprint density at radius 1 is 1.23 bits per heavy atom. The van der Waals surface area contributed by atoms with E-state index >= 15 is 0 Å². The predicted octanol–water partition coefficient (Wildman–Crippen LogP) is 3.02. The molecular weight excluding hydrogens is 345 g/mol. The van der Waals surface area contributed by atoms with Crippen LogP contribution in [0, 0.1) is 5.92 Å². The quantitative estimate of drug-likeness (QED) is 0.874. The average Bonchev–Trinajstić information content (AvgIpc) is 3.26. The molecule has 2 fully saturated rings. The summed E-state index contributed by atoms with van der Waals surface area (Å²) in [5.74, 6) is -0.110. The van der Waals surface area contributed by atoms with Crippen LogP contribution in [-0.4, -0.2) is 32.9 Å². The zero-order valence-electron chi connectivity index (χ0n) is 12.1. The van der Waals surface area contributed by atoms with Gasteiger partial charge < -0.3 is 4.74 Å². The molecule has 0 bridgehead atoms. The SMILES string of the molecule is O=S(=O)(NC1CC1)[C@@H]1CCOC[C@@H]1Cc1cc(Cl)ccc1Cl. The van der Waals surface area contributed by atoms with E-state index in [4.69, 9.17) is 27.9 Å². The van der Waals surface area contributed by atoms with Crippen molar-refractivity contribution in [3.63, 3.8) is 0 Å². The maximum absolute atomic E-state index is 12.6. The third kappa shape index (κ3) is 3.95. The van der Waals surface area contributed by atoms with E-state index in [1.807, 2.05) is 0 Å². The van der Waals surface area contributed by atoms with E-state index in [9.17, 15) is 8.42 Å². The smallest absolute Gasteiger partial charge is 0.215 e. The van der Waals surface area contributed by atoms with Crippen LogP contribution in [-0.2, 0) is 21.2 Å². The number of hydrogen-bond acceptors (Lipinski definition) is 3. The van der Waals surface area contributed by atoms with Crippen LogP contribution in [0.5, 0.6) is 0 Å². The fourth-order valence-corrected chi connectivity index (χ4v) is 5.23. The van der Waals surface area contributed by atoms with Gasteiger partial charge in [0.05, 0.1) is 11.9 Å². The van der Waals surface area contributed by atoms with Gasteiger partial charge in [0.25, 0.3) is 0 Å². The lowest BCUT2D eigenvalue weighted by molar-refractivity contribution is 0.0570. The van der Waals surface area contributed by atoms with Gasteiger partial charge in [0, 0.05) is 28.6 Å². The molecule has 1 heterocycles. The van der Waals surface area contributed by atoms with Gasteiger partial charge in [-0.2, -0.15) is 0 Å². The Labute approximate surface area is 141 Å². The van der Waals surface area contributed by atoms with Crippen molar-refractivity contribution in [3.05, 3.63) is 33.8 Å². The minimum absolute atomic E-state index is 0.110. The molecule has 1 aromatic carbocycles. The third-order valence-electron chi connectivity index (χ3n) is 4.20. The zero-order chi connectivity index (χ0) is 15.7. The van der Waals surface area contributed by atoms with Crippen molar-refractivity contribution >= 4 is 33.2 Å². The number of hydrogen-bond donors (Lipinski definition) is 1. The fraction of sp³-hybridized carbons (Fsp3) is 0.600. The summed E-state index contributed by atoms with van der Waals surface area (Å²) < 4.78 is 33.4. The van der Waals surface area contributed by atoms with Crippen molar-refractivity contribution < 1.29 is 13.2 Å². The highest BCUT2D eigenvalue weighted by Crippen LogP contribution is 2.30. The highest BCUT2D eigenvalue weighted by Gasteiger charge is 2.39. The first kappa shape index (κ1) is 16.5. The molecule has 1 aromatic rings. The molecule has 0 aromatic heterocycles. The monoisotopic (exact) mass is 363 g/mol. The molecule has 1 aliphatic heterocycles. The van der Waals surface area contributed by atoms with Crippen LogP contribution in [0.4, 0.5) is 0 Å². The number of benzene rings is 1. The minimum Gasteiger partial charge on any atom is -0.381 e. The highest BCUT2D eigenvalue weighted by molar-refractivity contribution is 7.90. The predicted molar refractivity (Wildman–Crippen MR) is 88.0 cm³/mol. The van der Waals surface area contributed by atoms with E-state index in [1.165, 1.54) is 0 Å². The Hall–Kier alpha value is -0.330. The second kappa shape index (κ2) is 6.65. The Kier molecular flexibility index (Phi) is 5.00. The van der Waals surface area contributed by atoms with Crippen LogP contribution in [0.25, 0.3) is 0 Å². The minimum atomic E-state index is -3.32. The van der Waals surface area contributed by atoms with Gasteiger partial charge in [0.1, 0.15) is 0 Å². The zero-order valence-corrected chi connectivity index (χ0v) is 14.4. The first-order valence-electron chi connectivity index (χ1n) is 7.48. The lowest BCUT2D eigenvalue weighted by Crippen LogP contribution is -2.45. The van der Waals surface area contributed by atoms with Gasteiger partial charge in [-0.3, -0.25) is 0 Å². The van der Waals surface area contributed by atoms with E-state index in [0.717, 1.165) is 18.4 Å². The van der Waals surface area contributed by atoms with Gasteiger partial charge in [-0.25, -0.2) is 13.1 Å². The number of halogens is 2. The number of rotatable bonds is 5. The van der Waals surface area contributed by atoms with Crippen LogP contribution in [0.2, 0.25) is 10.0 Å². The second-order valence-electron chi connectivity index (χ2n) is 6.04. The molecule has 122 valence electrons. The van der Waals surface area contributed by atoms with Gasteiger partial charge in [-0.1, -0.05) is 23.2 Å². The molecule has 22 heavy (non-hydrogen) atoms. The Morgan fingerprint density at radius 2 is 2.00 bits per heavy atom. The lowest BCUT2D eigenvalue weighted by atomic mass is 9.93. The number of sulfonamides is 1. The molecule has 0 unspecified atom stereocenters. The third-order valence-corrected chi connectivity index (χ3v) is 6.88. The fourth-order valence-electron chi connectivity index (χ4n) is 2.88. The summed E-state index contributed by atoms with van der Waals surface area (Å²) in [5.41, 5.74) is 0.872. The Morgan fingerprint density at radius 3 is 2.73 bits per heavy atom. The molecule has 4 nitrogen and oxygen atoms in total. The van der Waals surface area contributed by atoms with Crippen molar-refractivity contribution in [2.75, 3.05) is 13.2 Å². The van der Waals surface area contributed by atoms with Crippen molar-refractivity contribution in [2.24, 2.45) is 5.92 Å². The number of ether oxygens (including phenoxy) is 1. The van der Waals surface area contributed by atoms with Crippen LogP contribution in [0.3, 0.4) is 0 Å². The summed E-state index contributed by atoms with van der Waals surface area (Å²) in [6.45, 7) is 0.912. The summed E-state index contributed by atoms with van der Waals surface area (Å²) in [7, 11) is -3.32. The standard InChI is InChI=1S/C15H19Cl2NO3S/c16-12-1-4-14(17)10(8-12)7-11-9-21-6-5-15(11)22(19,20)18-13-2-3-13/h1,4,8,11,13,15,18H,2-3,5-7,9H2/t11-,15+/m0/s1. The molecule has 0 radical (unpaired) electrons. The maximum atomic E-state index is 12.6. The topological polar surface area (TPSA) is 55.4 Å². The van der Waals surface area contributed by atoms with E-state index in [1.54, 1.807) is 18.2 Å². The Balaban J connectivity index is 1.78. The molecule has 1 N–H and O–H groups in total. The molecule has 0 spiro atoms. The Bertz CT molecular complexity index is 646. The van der Waals surface area contributed by atoms with Crippen molar-refractivity contribution in [1.29, 1.82) is 0 Å². The summed E-state index contributed by atoms with van der Waals surface area (Å²) in [6.07, 6.45) is 2.95. The number of nitrogens with one attached hydrogen (secondary N) is 1. The van der Waals surface area contributed by atoms with E-state index < -0.39 is 15.3 Å². The maximum Gasteiger partial charge on any atom is 0.215 e. The molecule has 1 saturated heterocycles. The van der Waals surface area contributed by atoms with Crippen molar-refractivity contribution in [3.8, 4) is 0 Å². The molecular formula is C15H19Cl2NO3S. The van der Waals surface area contributed by atoms with Crippen molar-refractivity contribution in [1.82, 2.24) is 4.72 Å². The molecule has 3 rings (SSSR count). The molecule has 1 saturated carbocycles. The van der Waals surface area contributed by atoms with E-state index in [-0.39, 0.29) is 12.0 Å². The van der Waals surface area contributed by atoms with Crippen molar-refractivity contribution in [2.45, 2.75) is 37.0 Å². The van der Waals surface area contributed by atoms with Crippen LogP contribution in [0.15, 0.2) is 18.2 Å². The summed E-state index contributed by atoms with van der Waals surface area (Å²) in [6, 6.07) is 5.40. The normalized spacial score (nSPS) is 26.1. The highest BCUT2D eigenvalue weighted by atomic mass is 35.5. The second-order valence-corrected chi connectivity index (χ2v) is 8.81. The average molecular weight is 364 g/mol. The molecule has 1 aliphatic carbocycles. The van der Waals surface area contributed by atoms with Gasteiger partial charge in [-0.15, -0.1) is 0 Å². The van der Waals surface area contributed by atoms with Gasteiger partial charge in [0.15, 0.2) is 0 Å². The first-order valence-corrected chi connectivity index (χ1v) is 9.79. The van der Waals surface area contributed by atoms with Crippen LogP contribution >= 0.6 is 23.2 Å². The van der Waals surface area contributed by atoms with Crippen LogP contribution < -0.4 is 4.72 Å². The molecule has 7 heteroatoms. The van der Waals surface area contributed by atoms with Gasteiger partial charge in [-0.05, 0) is 49.4 Å². The summed E-state index contributed by atoms with van der Waals surface area (Å²) >= 11 is 12.2. The first-order chi connectivity index (χ1) is 10.5. The summed E-state index contributed by atoms with van der Waals surface area (Å²) in [4.78, 5) is 0. The largest absolute Gasteiger partial charge is 0.381 e. The molecule has 2 atom stereocenters.